The van der Waals surface area contributed by atoms with Crippen molar-refractivity contribution in [2.24, 2.45) is 5.92 Å². The van der Waals surface area contributed by atoms with E-state index in [1.165, 1.54) is 12.8 Å². The van der Waals surface area contributed by atoms with Gasteiger partial charge in [0.2, 0.25) is 0 Å². The maximum Gasteiger partial charge on any atom is 0.251 e. The number of pyridine rings is 1. The molecule has 1 saturated carbocycles. The summed E-state index contributed by atoms with van der Waals surface area (Å²) < 4.78 is 6.32. The fourth-order valence-electron chi connectivity index (χ4n) is 6.01. The van der Waals surface area contributed by atoms with Crippen LogP contribution in [0.5, 0.6) is 5.75 Å². The van der Waals surface area contributed by atoms with Gasteiger partial charge in [-0.05, 0) is 99.0 Å². The SMILES string of the molecule is O=C(NC(c1ccccn1)C1CC1)c1ccc2[nH]nc(-c3ccc(OC4CC5CCC(C4)N5)cc3)c2c1. The van der Waals surface area contributed by atoms with Crippen LogP contribution >= 0.6 is 0 Å². The maximum atomic E-state index is 13.3. The standard InChI is InChI=1S/C30H31N5O2/c36-30(33-29(19-4-5-19)27-3-1-2-14-31-27)20-8-13-26-25(15-20)28(35-34-26)18-6-11-23(12-7-18)37-24-16-21-9-10-22(17-24)32-21/h1-3,6-8,11-15,19,21-22,24,29,32H,4-5,9-10,16-17H2,(H,33,36)(H,34,35). The van der Waals surface area contributed by atoms with Crippen LogP contribution in [0, 0.1) is 5.92 Å². The number of aromatic amines is 1. The summed E-state index contributed by atoms with van der Waals surface area (Å²) in [5, 5.41) is 15.5. The Labute approximate surface area is 216 Å². The fourth-order valence-corrected chi connectivity index (χ4v) is 6.01. The van der Waals surface area contributed by atoms with Crippen molar-refractivity contribution in [1.29, 1.82) is 0 Å². The zero-order chi connectivity index (χ0) is 24.8. The molecule has 37 heavy (non-hydrogen) atoms. The van der Waals surface area contributed by atoms with E-state index in [-0.39, 0.29) is 18.1 Å². The summed E-state index contributed by atoms with van der Waals surface area (Å²) in [7, 11) is 0. The van der Waals surface area contributed by atoms with E-state index in [1.807, 2.05) is 48.5 Å². The molecule has 2 aromatic heterocycles. The van der Waals surface area contributed by atoms with Gasteiger partial charge in [-0.1, -0.05) is 6.07 Å². The third-order valence-electron chi connectivity index (χ3n) is 8.07. The zero-order valence-electron chi connectivity index (χ0n) is 20.7. The number of rotatable bonds is 7. The van der Waals surface area contributed by atoms with Gasteiger partial charge in [-0.3, -0.25) is 14.9 Å². The summed E-state index contributed by atoms with van der Waals surface area (Å²) in [6, 6.07) is 20.9. The minimum atomic E-state index is -0.0868. The highest BCUT2D eigenvalue weighted by molar-refractivity contribution is 6.01. The lowest BCUT2D eigenvalue weighted by atomic mass is 10.0. The lowest BCUT2D eigenvalue weighted by Gasteiger charge is -2.29. The number of benzene rings is 2. The highest BCUT2D eigenvalue weighted by atomic mass is 16.5. The smallest absolute Gasteiger partial charge is 0.251 e. The van der Waals surface area contributed by atoms with Crippen molar-refractivity contribution in [2.75, 3.05) is 0 Å². The molecule has 3 aliphatic rings. The highest BCUT2D eigenvalue weighted by Gasteiger charge is 2.35. The van der Waals surface area contributed by atoms with Crippen LogP contribution in [0.15, 0.2) is 66.9 Å². The summed E-state index contributed by atoms with van der Waals surface area (Å²) in [5.41, 5.74) is 4.27. The van der Waals surface area contributed by atoms with Gasteiger partial charge in [-0.25, -0.2) is 0 Å². The summed E-state index contributed by atoms with van der Waals surface area (Å²) in [6.45, 7) is 0. The molecule has 3 fully saturated rings. The molecule has 4 aromatic rings. The minimum absolute atomic E-state index is 0.0594. The van der Waals surface area contributed by atoms with Crippen molar-refractivity contribution >= 4 is 16.8 Å². The molecule has 2 aliphatic heterocycles. The van der Waals surface area contributed by atoms with Crippen molar-refractivity contribution in [3.05, 3.63) is 78.1 Å². The molecule has 2 bridgehead atoms. The molecule has 2 aromatic carbocycles. The first-order valence-corrected chi connectivity index (χ1v) is 13.4. The Balaban J connectivity index is 1.09. The van der Waals surface area contributed by atoms with Crippen LogP contribution in [0.1, 0.15) is 60.6 Å². The van der Waals surface area contributed by atoms with Gasteiger partial charge in [0.1, 0.15) is 11.9 Å². The minimum Gasteiger partial charge on any atom is -0.490 e. The molecule has 188 valence electrons. The molecular formula is C30H31N5O2. The van der Waals surface area contributed by atoms with Crippen LogP contribution in [0.25, 0.3) is 22.2 Å². The summed E-state index contributed by atoms with van der Waals surface area (Å²) in [4.78, 5) is 17.8. The average Bonchev–Trinajstić information content (AvgIpc) is 3.60. The van der Waals surface area contributed by atoms with E-state index in [9.17, 15) is 4.79 Å². The van der Waals surface area contributed by atoms with Crippen LogP contribution < -0.4 is 15.4 Å². The first-order valence-electron chi connectivity index (χ1n) is 13.4. The second kappa shape index (κ2) is 9.30. The van der Waals surface area contributed by atoms with E-state index in [1.54, 1.807) is 6.20 Å². The molecule has 3 N–H and O–H groups in total. The van der Waals surface area contributed by atoms with Crippen LogP contribution in [0.3, 0.4) is 0 Å². The van der Waals surface area contributed by atoms with Crippen molar-refractivity contribution in [2.45, 2.75) is 62.8 Å². The number of piperidine rings is 1. The van der Waals surface area contributed by atoms with Gasteiger partial charge in [0.05, 0.1) is 22.9 Å². The molecule has 0 radical (unpaired) electrons. The topological polar surface area (TPSA) is 91.9 Å². The van der Waals surface area contributed by atoms with Crippen LogP contribution in [-0.4, -0.2) is 39.3 Å². The molecule has 3 unspecified atom stereocenters. The quantitative estimate of drug-likeness (QED) is 0.330. The first kappa shape index (κ1) is 22.5. The van der Waals surface area contributed by atoms with Gasteiger partial charge in [0.25, 0.3) is 5.91 Å². The Kier molecular flexibility index (Phi) is 5.65. The third kappa shape index (κ3) is 4.60. The van der Waals surface area contributed by atoms with E-state index < -0.39 is 0 Å². The van der Waals surface area contributed by atoms with Crippen LogP contribution in [-0.2, 0) is 0 Å². The van der Waals surface area contributed by atoms with Gasteiger partial charge in [0.15, 0.2) is 0 Å². The molecule has 3 atom stereocenters. The number of ether oxygens (including phenoxy) is 1. The number of hydrogen-bond acceptors (Lipinski definition) is 5. The predicted molar refractivity (Wildman–Crippen MR) is 142 cm³/mol. The lowest BCUT2D eigenvalue weighted by Crippen LogP contribution is -2.42. The molecule has 7 rings (SSSR count). The Hall–Kier alpha value is -3.71. The van der Waals surface area contributed by atoms with E-state index in [0.717, 1.165) is 59.3 Å². The van der Waals surface area contributed by atoms with Gasteiger partial charge in [-0.15, -0.1) is 0 Å². The summed E-state index contributed by atoms with van der Waals surface area (Å²) in [6.07, 6.45) is 8.98. The molecule has 4 heterocycles. The second-order valence-corrected chi connectivity index (χ2v) is 10.7. The number of carbonyl (C=O) groups excluding carboxylic acids is 1. The summed E-state index contributed by atoms with van der Waals surface area (Å²) in [5.74, 6) is 1.26. The van der Waals surface area contributed by atoms with Crippen LogP contribution in [0.2, 0.25) is 0 Å². The number of H-pyrrole nitrogens is 1. The molecule has 0 spiro atoms. The Morgan fingerprint density at radius 3 is 2.51 bits per heavy atom. The van der Waals surface area contributed by atoms with E-state index in [2.05, 4.69) is 37.9 Å². The predicted octanol–water partition coefficient (Wildman–Crippen LogP) is 5.17. The number of hydrogen-bond donors (Lipinski definition) is 3. The first-order chi connectivity index (χ1) is 18.2. The van der Waals surface area contributed by atoms with Gasteiger partial charge < -0.3 is 15.4 Å². The largest absolute Gasteiger partial charge is 0.490 e. The van der Waals surface area contributed by atoms with Gasteiger partial charge in [-0.2, -0.15) is 5.10 Å². The molecule has 1 amide bonds. The highest BCUT2D eigenvalue weighted by Crippen LogP contribution is 2.40. The van der Waals surface area contributed by atoms with E-state index >= 15 is 0 Å². The van der Waals surface area contributed by atoms with Crippen molar-refractivity contribution in [1.82, 2.24) is 25.8 Å². The van der Waals surface area contributed by atoms with E-state index in [4.69, 9.17) is 4.74 Å². The number of nitrogens with zero attached hydrogens (tertiary/aromatic N) is 2. The number of fused-ring (bicyclic) bond motifs is 3. The monoisotopic (exact) mass is 493 g/mol. The fraction of sp³-hybridized carbons (Fsp3) is 0.367. The van der Waals surface area contributed by atoms with Gasteiger partial charge in [0, 0.05) is 34.8 Å². The average molecular weight is 494 g/mol. The second-order valence-electron chi connectivity index (χ2n) is 10.7. The van der Waals surface area contributed by atoms with Crippen molar-refractivity contribution in [3.63, 3.8) is 0 Å². The van der Waals surface area contributed by atoms with Crippen LogP contribution in [0.4, 0.5) is 0 Å². The Bertz CT molecular complexity index is 1400. The summed E-state index contributed by atoms with van der Waals surface area (Å²) >= 11 is 0. The maximum absolute atomic E-state index is 13.3. The molecule has 7 heteroatoms. The number of amides is 1. The Morgan fingerprint density at radius 1 is 0.973 bits per heavy atom. The molecular weight excluding hydrogens is 462 g/mol. The third-order valence-corrected chi connectivity index (χ3v) is 8.07. The molecule has 7 nitrogen and oxygen atoms in total. The normalized spacial score (nSPS) is 23.6. The molecule has 1 aliphatic carbocycles. The van der Waals surface area contributed by atoms with Crippen molar-refractivity contribution < 1.29 is 9.53 Å². The van der Waals surface area contributed by atoms with E-state index in [0.29, 0.717) is 23.6 Å². The number of carbonyl (C=O) groups is 1. The Morgan fingerprint density at radius 2 is 1.78 bits per heavy atom. The van der Waals surface area contributed by atoms with Crippen molar-refractivity contribution in [3.8, 4) is 17.0 Å². The number of nitrogens with one attached hydrogen (secondary N) is 3. The zero-order valence-corrected chi connectivity index (χ0v) is 20.7. The molecule has 2 saturated heterocycles. The van der Waals surface area contributed by atoms with Gasteiger partial charge >= 0.3 is 0 Å². The lowest BCUT2D eigenvalue weighted by molar-refractivity contribution is 0.0930. The number of aromatic nitrogens is 3.